The first-order valence-electron chi connectivity index (χ1n) is 10.2. The van der Waals surface area contributed by atoms with Crippen LogP contribution in [0.4, 0.5) is 18.0 Å². The van der Waals surface area contributed by atoms with Crippen LogP contribution in [0.3, 0.4) is 0 Å². The molecule has 0 radical (unpaired) electrons. The Hall–Kier alpha value is -2.78. The Morgan fingerprint density at radius 2 is 1.77 bits per heavy atom. The summed E-state index contributed by atoms with van der Waals surface area (Å²) in [5.74, 6) is -1.46. The minimum Gasteiger partial charge on any atom is -0.455 e. The van der Waals surface area contributed by atoms with Crippen molar-refractivity contribution in [3.05, 3.63) is 35.4 Å². The van der Waals surface area contributed by atoms with Crippen molar-refractivity contribution >= 4 is 18.0 Å². The normalized spacial score (nSPS) is 19.3. The smallest absolute Gasteiger partial charge is 0.422 e. The van der Waals surface area contributed by atoms with Gasteiger partial charge in [-0.3, -0.25) is 9.59 Å². The van der Waals surface area contributed by atoms with Crippen LogP contribution in [0.25, 0.3) is 0 Å². The van der Waals surface area contributed by atoms with Crippen molar-refractivity contribution in [2.24, 2.45) is 5.92 Å². The number of aryl methyl sites for hydroxylation is 1. The highest BCUT2D eigenvalue weighted by Gasteiger charge is 2.33. The van der Waals surface area contributed by atoms with E-state index in [1.54, 1.807) is 0 Å². The summed E-state index contributed by atoms with van der Waals surface area (Å²) in [6.45, 7) is -1.87. The molecule has 0 bridgehead atoms. The predicted octanol–water partition coefficient (Wildman–Crippen LogP) is 3.13. The van der Waals surface area contributed by atoms with E-state index in [9.17, 15) is 27.6 Å². The van der Waals surface area contributed by atoms with Crippen LogP contribution < -0.4 is 5.32 Å². The molecule has 1 unspecified atom stereocenters. The second kappa shape index (κ2) is 10.0. The minimum absolute atomic E-state index is 0.0848. The summed E-state index contributed by atoms with van der Waals surface area (Å²) in [5.41, 5.74) is 2.29. The zero-order chi connectivity index (χ0) is 22.4. The number of alkyl halides is 3. The summed E-state index contributed by atoms with van der Waals surface area (Å²) in [4.78, 5) is 37.3. The van der Waals surface area contributed by atoms with E-state index in [1.807, 2.05) is 24.3 Å². The highest BCUT2D eigenvalue weighted by atomic mass is 19.4. The zero-order valence-electron chi connectivity index (χ0n) is 17.0. The van der Waals surface area contributed by atoms with Gasteiger partial charge in [0.1, 0.15) is 0 Å². The van der Waals surface area contributed by atoms with Crippen LogP contribution in [-0.2, 0) is 25.5 Å². The second-order valence-electron chi connectivity index (χ2n) is 7.75. The topological polar surface area (TPSA) is 84.9 Å². The molecule has 1 atom stereocenters. The second-order valence-corrected chi connectivity index (χ2v) is 7.75. The van der Waals surface area contributed by atoms with Gasteiger partial charge in [0, 0.05) is 13.1 Å². The molecule has 1 aromatic carbocycles. The molecule has 2 aliphatic rings. The van der Waals surface area contributed by atoms with E-state index in [0.29, 0.717) is 0 Å². The molecule has 1 aromatic rings. The van der Waals surface area contributed by atoms with Gasteiger partial charge in [-0.25, -0.2) is 4.79 Å². The molecular formula is C21H25F3N2O5. The Bertz CT molecular complexity index is 806. The van der Waals surface area contributed by atoms with Crippen LogP contribution in [0.15, 0.2) is 24.3 Å². The molecule has 1 saturated heterocycles. The fourth-order valence-corrected chi connectivity index (χ4v) is 3.93. The van der Waals surface area contributed by atoms with Crippen LogP contribution >= 0.6 is 0 Å². The van der Waals surface area contributed by atoms with Crippen LogP contribution in [0.1, 0.15) is 42.9 Å². The van der Waals surface area contributed by atoms with Crippen LogP contribution in [0.2, 0.25) is 0 Å². The van der Waals surface area contributed by atoms with Crippen molar-refractivity contribution in [2.45, 2.75) is 44.3 Å². The molecule has 0 aromatic heterocycles. The number of likely N-dealkylation sites (tertiary alicyclic amines) is 1. The summed E-state index contributed by atoms with van der Waals surface area (Å²) >= 11 is 0. The molecule has 3 rings (SSSR count). The van der Waals surface area contributed by atoms with Gasteiger partial charge in [0.25, 0.3) is 5.91 Å². The first kappa shape index (κ1) is 22.9. The number of nitrogens with zero attached hydrogens (tertiary/aromatic N) is 1. The first-order chi connectivity index (χ1) is 14.7. The maximum absolute atomic E-state index is 12.3. The van der Waals surface area contributed by atoms with Crippen molar-refractivity contribution < 1.29 is 37.0 Å². The number of rotatable bonds is 5. The number of piperidine rings is 1. The van der Waals surface area contributed by atoms with Gasteiger partial charge in [-0.2, -0.15) is 13.2 Å². The number of carbonyl (C=O) groups excluding carboxylic acids is 3. The highest BCUT2D eigenvalue weighted by molar-refractivity contribution is 5.81. The Kier molecular flexibility index (Phi) is 7.40. The average molecular weight is 442 g/mol. The van der Waals surface area contributed by atoms with Gasteiger partial charge >= 0.3 is 18.2 Å². The van der Waals surface area contributed by atoms with E-state index < -0.39 is 37.4 Å². The number of benzene rings is 1. The van der Waals surface area contributed by atoms with Crippen LogP contribution in [0.5, 0.6) is 0 Å². The number of fused-ring (bicyclic) bond motifs is 1. The summed E-state index contributed by atoms with van der Waals surface area (Å²) in [6, 6.07) is 7.81. The summed E-state index contributed by atoms with van der Waals surface area (Å²) in [5, 5.41) is 2.90. The van der Waals surface area contributed by atoms with Gasteiger partial charge in [-0.1, -0.05) is 24.3 Å². The van der Waals surface area contributed by atoms with E-state index in [2.05, 4.69) is 10.1 Å². The number of carbonyl (C=O) groups is 3. The van der Waals surface area contributed by atoms with Crippen LogP contribution in [0, 0.1) is 5.92 Å². The fourth-order valence-electron chi connectivity index (χ4n) is 3.93. The van der Waals surface area contributed by atoms with E-state index in [1.165, 1.54) is 5.56 Å². The lowest BCUT2D eigenvalue weighted by atomic mass is 9.88. The molecular weight excluding hydrogens is 417 g/mol. The number of esters is 1. The molecule has 10 heteroatoms. The third-order valence-electron chi connectivity index (χ3n) is 5.50. The monoisotopic (exact) mass is 442 g/mol. The number of nitrogens with one attached hydrogen (secondary N) is 1. The van der Waals surface area contributed by atoms with Gasteiger partial charge in [0.2, 0.25) is 0 Å². The minimum atomic E-state index is -4.59. The molecule has 2 amide bonds. The number of halogens is 3. The molecule has 170 valence electrons. The number of amides is 2. The van der Waals surface area contributed by atoms with Crippen molar-refractivity contribution in [2.75, 3.05) is 26.3 Å². The van der Waals surface area contributed by atoms with E-state index in [4.69, 9.17) is 4.74 Å². The quantitative estimate of drug-likeness (QED) is 0.709. The highest BCUT2D eigenvalue weighted by Crippen LogP contribution is 2.29. The third-order valence-corrected chi connectivity index (χ3v) is 5.50. The predicted molar refractivity (Wildman–Crippen MR) is 103 cm³/mol. The number of hydrogen-bond acceptors (Lipinski definition) is 5. The Morgan fingerprint density at radius 3 is 2.48 bits per heavy atom. The molecule has 0 saturated carbocycles. The maximum atomic E-state index is 12.3. The Labute approximate surface area is 177 Å². The first-order valence-corrected chi connectivity index (χ1v) is 10.2. The van der Waals surface area contributed by atoms with E-state index >= 15 is 0 Å². The molecule has 7 nitrogen and oxygen atoms in total. The fraction of sp³-hybridized carbons (Fsp3) is 0.571. The molecule has 1 fully saturated rings. The standard InChI is InChI=1S/C21H25F3N2O5/c22-21(23,24)13-31-20(29)26-10-8-15(9-11-26)19(28)30-12-18(27)25-17-7-3-5-14-4-1-2-6-16(14)17/h1-2,4,6,15,17H,3,5,7-13H2,(H,25,27). The van der Waals surface area contributed by atoms with Gasteiger partial charge in [-0.05, 0) is 43.2 Å². The largest absolute Gasteiger partial charge is 0.455 e. The van der Waals surface area contributed by atoms with Crippen molar-refractivity contribution in [1.29, 1.82) is 0 Å². The lowest BCUT2D eigenvalue weighted by Crippen LogP contribution is -2.42. The summed E-state index contributed by atoms with van der Waals surface area (Å²) in [7, 11) is 0. The summed E-state index contributed by atoms with van der Waals surface area (Å²) < 4.78 is 45.7. The zero-order valence-corrected chi connectivity index (χ0v) is 17.0. The summed E-state index contributed by atoms with van der Waals surface area (Å²) in [6.07, 6.45) is -2.42. The Balaban J connectivity index is 1.39. The van der Waals surface area contributed by atoms with Crippen molar-refractivity contribution in [3.63, 3.8) is 0 Å². The van der Waals surface area contributed by atoms with Gasteiger partial charge in [0.15, 0.2) is 13.2 Å². The average Bonchev–Trinajstić information content (AvgIpc) is 2.75. The molecule has 0 spiro atoms. The van der Waals surface area contributed by atoms with Gasteiger partial charge in [-0.15, -0.1) is 0 Å². The lowest BCUT2D eigenvalue weighted by molar-refractivity contribution is -0.163. The van der Waals surface area contributed by atoms with Gasteiger partial charge in [0.05, 0.1) is 12.0 Å². The Morgan fingerprint density at radius 1 is 1.06 bits per heavy atom. The molecule has 1 heterocycles. The molecule has 1 aliphatic heterocycles. The molecule has 31 heavy (non-hydrogen) atoms. The number of hydrogen-bond donors (Lipinski definition) is 1. The lowest BCUT2D eigenvalue weighted by Gasteiger charge is -2.30. The van der Waals surface area contributed by atoms with Gasteiger partial charge < -0.3 is 19.7 Å². The van der Waals surface area contributed by atoms with Crippen molar-refractivity contribution in [1.82, 2.24) is 10.2 Å². The maximum Gasteiger partial charge on any atom is 0.422 e. The third kappa shape index (κ3) is 6.60. The SMILES string of the molecule is O=C(COC(=O)C1CCN(C(=O)OCC(F)(F)F)CC1)NC1CCCc2ccccc21. The van der Waals surface area contributed by atoms with Crippen LogP contribution in [-0.4, -0.2) is 55.3 Å². The van der Waals surface area contributed by atoms with E-state index in [0.717, 1.165) is 29.7 Å². The molecule has 1 N–H and O–H groups in total. The van der Waals surface area contributed by atoms with Crippen molar-refractivity contribution in [3.8, 4) is 0 Å². The molecule has 1 aliphatic carbocycles. The number of ether oxygens (including phenoxy) is 2. The van der Waals surface area contributed by atoms with E-state index in [-0.39, 0.29) is 37.9 Å².